The minimum atomic E-state index is -0.191. The monoisotopic (exact) mass is 295 g/mol. The Balaban J connectivity index is 2.02. The summed E-state index contributed by atoms with van der Waals surface area (Å²) in [6.07, 6.45) is 8.75. The van der Waals surface area contributed by atoms with Gasteiger partial charge in [0.25, 0.3) is 0 Å². The van der Waals surface area contributed by atoms with Gasteiger partial charge in [-0.1, -0.05) is 23.9 Å². The largest absolute Gasteiger partial charge is 0.274 e. The Morgan fingerprint density at radius 1 is 1.42 bits per heavy atom. The Labute approximate surface area is 120 Å². The molecule has 2 atom stereocenters. The Morgan fingerprint density at radius 3 is 2.47 bits per heavy atom. The Morgan fingerprint density at radius 2 is 2.00 bits per heavy atom. The predicted octanol–water partition coefficient (Wildman–Crippen LogP) is 1.83. The number of carbonyl (C=O) groups is 2. The second-order valence-electron chi connectivity index (χ2n) is 4.22. The van der Waals surface area contributed by atoms with Gasteiger partial charge in [0.15, 0.2) is 0 Å². The first kappa shape index (κ1) is 14.2. The van der Waals surface area contributed by atoms with Crippen LogP contribution in [-0.4, -0.2) is 33.2 Å². The Kier molecular flexibility index (Phi) is 4.66. The fraction of sp³-hybridized carbons (Fsp3) is 0.500. The third kappa shape index (κ3) is 2.85. The molecule has 1 fully saturated rings. The number of hydrogen-bond donors (Lipinski definition) is 0. The molecule has 2 rings (SSSR count). The highest BCUT2D eigenvalue weighted by Crippen LogP contribution is 2.36. The van der Waals surface area contributed by atoms with Crippen molar-refractivity contribution in [1.82, 2.24) is 4.90 Å². The van der Waals surface area contributed by atoms with Crippen molar-refractivity contribution in [2.75, 3.05) is 12.1 Å². The summed E-state index contributed by atoms with van der Waals surface area (Å²) < 4.78 is 0.566. The zero-order chi connectivity index (χ0) is 13.8. The zero-order valence-corrected chi connectivity index (χ0v) is 12.0. The third-order valence-electron chi connectivity index (χ3n) is 3.23. The zero-order valence-electron chi connectivity index (χ0n) is 10.4. The molecule has 5 nitrogen and oxygen atoms in total. The van der Waals surface area contributed by atoms with Crippen LogP contribution in [-0.2, 0) is 9.59 Å². The lowest BCUT2D eigenvalue weighted by molar-refractivity contribution is -0.138. The average molecular weight is 295 g/mol. The van der Waals surface area contributed by atoms with Crippen LogP contribution in [0.5, 0.6) is 0 Å². The third-order valence-corrected chi connectivity index (χ3v) is 5.25. The van der Waals surface area contributed by atoms with E-state index in [0.717, 1.165) is 0 Å². The van der Waals surface area contributed by atoms with Gasteiger partial charge in [0, 0.05) is 0 Å². The second kappa shape index (κ2) is 6.26. The number of rotatable bonds is 2. The summed E-state index contributed by atoms with van der Waals surface area (Å²) >= 11 is 2.59. The van der Waals surface area contributed by atoms with Crippen molar-refractivity contribution >= 4 is 39.7 Å². The highest BCUT2D eigenvalue weighted by molar-refractivity contribution is 8.38. The highest BCUT2D eigenvalue weighted by atomic mass is 32.2. The molecule has 2 amide bonds. The van der Waals surface area contributed by atoms with E-state index in [1.807, 2.05) is 12.2 Å². The molecule has 0 aromatic carbocycles. The molecule has 0 radical (unpaired) electrons. The number of hydrogen-bond acceptors (Lipinski definition) is 6. The summed E-state index contributed by atoms with van der Waals surface area (Å²) in [5.74, 6) is -0.326. The number of thioether (sulfide) groups is 2. The van der Waals surface area contributed by atoms with E-state index < -0.39 is 0 Å². The van der Waals surface area contributed by atoms with Crippen molar-refractivity contribution in [3.05, 3.63) is 12.2 Å². The Hall–Kier alpha value is -1.26. The lowest BCUT2D eigenvalue weighted by atomic mass is 9.85. The fourth-order valence-corrected chi connectivity index (χ4v) is 3.65. The minimum absolute atomic E-state index is 0.0933. The number of fused-ring (bicyclic) bond motifs is 1. The van der Waals surface area contributed by atoms with Gasteiger partial charge in [-0.3, -0.25) is 14.5 Å². The minimum Gasteiger partial charge on any atom is -0.274 e. The molecule has 19 heavy (non-hydrogen) atoms. The number of aliphatic imine (C=N–C) groups is 1. The molecule has 0 aromatic rings. The number of carbonyl (C=O) groups excluding carboxylic acids is 2. The van der Waals surface area contributed by atoms with E-state index in [9.17, 15) is 9.59 Å². The van der Waals surface area contributed by atoms with E-state index >= 15 is 0 Å². The summed E-state index contributed by atoms with van der Waals surface area (Å²) in [5, 5.41) is 8.51. The molecule has 0 saturated carbocycles. The van der Waals surface area contributed by atoms with E-state index in [1.165, 1.54) is 28.4 Å². The van der Waals surface area contributed by atoms with Crippen LogP contribution in [0.2, 0.25) is 0 Å². The lowest BCUT2D eigenvalue weighted by Crippen LogP contribution is -2.31. The molecule has 100 valence electrons. The van der Waals surface area contributed by atoms with Gasteiger partial charge >= 0.3 is 0 Å². The van der Waals surface area contributed by atoms with Crippen molar-refractivity contribution in [2.24, 2.45) is 16.8 Å². The van der Waals surface area contributed by atoms with Crippen molar-refractivity contribution in [3.63, 3.8) is 0 Å². The number of imide groups is 1. The molecular formula is C12H13N3O2S2. The van der Waals surface area contributed by atoms with Crippen LogP contribution in [0.1, 0.15) is 12.8 Å². The molecule has 1 aliphatic carbocycles. The van der Waals surface area contributed by atoms with E-state index in [-0.39, 0.29) is 29.5 Å². The molecule has 1 aliphatic heterocycles. The van der Waals surface area contributed by atoms with Crippen molar-refractivity contribution in [1.29, 1.82) is 5.26 Å². The summed E-state index contributed by atoms with van der Waals surface area (Å²) in [7, 11) is 0. The maximum Gasteiger partial charge on any atom is 0.234 e. The van der Waals surface area contributed by atoms with Crippen LogP contribution in [0.15, 0.2) is 17.1 Å². The smallest absolute Gasteiger partial charge is 0.234 e. The van der Waals surface area contributed by atoms with Crippen molar-refractivity contribution in [2.45, 2.75) is 12.8 Å². The normalized spacial score (nSPS) is 26.5. The quantitative estimate of drug-likeness (QED) is 0.255. The molecule has 0 unspecified atom stereocenters. The summed E-state index contributed by atoms with van der Waals surface area (Å²) in [5.41, 5.74) is 0. The van der Waals surface area contributed by atoms with Gasteiger partial charge in [-0.25, -0.2) is 0 Å². The van der Waals surface area contributed by atoms with Gasteiger partial charge in [-0.05, 0) is 19.1 Å². The topological polar surface area (TPSA) is 73.5 Å². The highest BCUT2D eigenvalue weighted by Gasteiger charge is 2.47. The lowest BCUT2D eigenvalue weighted by Gasteiger charge is -2.14. The molecule has 0 aromatic heterocycles. The molecule has 0 spiro atoms. The average Bonchev–Trinajstić information content (AvgIpc) is 2.68. The standard InChI is InChI=1S/C12H13N3O2S2/c1-18-12(14-6-13)19-7-15-10(16)8-4-2-3-5-9(8)11(15)17/h2-3,8-9H,4-5,7H2,1H3/t8-,9-/m1/s1. The molecular weight excluding hydrogens is 282 g/mol. The predicted molar refractivity (Wildman–Crippen MR) is 76.2 cm³/mol. The first-order chi connectivity index (χ1) is 9.19. The van der Waals surface area contributed by atoms with Crippen LogP contribution in [0.3, 0.4) is 0 Å². The van der Waals surface area contributed by atoms with E-state index in [0.29, 0.717) is 17.2 Å². The number of amides is 2. The maximum atomic E-state index is 12.2. The number of allylic oxidation sites excluding steroid dienone is 2. The number of nitrogens with zero attached hydrogens (tertiary/aromatic N) is 3. The second-order valence-corrected chi connectivity index (χ2v) is 6.20. The van der Waals surface area contributed by atoms with E-state index in [2.05, 4.69) is 4.99 Å². The van der Waals surface area contributed by atoms with Crippen LogP contribution >= 0.6 is 23.5 Å². The fourth-order valence-electron chi connectivity index (χ4n) is 2.29. The first-order valence-electron chi connectivity index (χ1n) is 5.82. The van der Waals surface area contributed by atoms with Crippen molar-refractivity contribution in [3.8, 4) is 6.19 Å². The number of likely N-dealkylation sites (tertiary alicyclic amines) is 1. The van der Waals surface area contributed by atoms with Gasteiger partial charge in [0.1, 0.15) is 4.38 Å². The van der Waals surface area contributed by atoms with Crippen LogP contribution < -0.4 is 0 Å². The van der Waals surface area contributed by atoms with Crippen molar-refractivity contribution < 1.29 is 9.59 Å². The molecule has 1 saturated heterocycles. The van der Waals surface area contributed by atoms with Gasteiger partial charge in [-0.2, -0.15) is 10.3 Å². The summed E-state index contributed by atoms with van der Waals surface area (Å²) in [4.78, 5) is 29.2. The van der Waals surface area contributed by atoms with Gasteiger partial charge in [0.05, 0.1) is 17.7 Å². The van der Waals surface area contributed by atoms with E-state index in [4.69, 9.17) is 5.26 Å². The molecule has 7 heteroatoms. The first-order valence-corrected chi connectivity index (χ1v) is 8.04. The molecule has 1 heterocycles. The molecule has 0 bridgehead atoms. The Bertz CT molecular complexity index is 470. The van der Waals surface area contributed by atoms with Gasteiger partial charge in [-0.15, -0.1) is 11.8 Å². The van der Waals surface area contributed by atoms with Gasteiger partial charge in [0.2, 0.25) is 18.0 Å². The summed E-state index contributed by atoms with van der Waals surface area (Å²) in [6.45, 7) is 0. The SMILES string of the molecule is CSC(=NC#N)SCN1C(=O)[C@@H]2CC=CC[C@H]2C1=O. The van der Waals surface area contributed by atoms with Crippen LogP contribution in [0.4, 0.5) is 0 Å². The number of nitriles is 1. The van der Waals surface area contributed by atoms with Crippen LogP contribution in [0.25, 0.3) is 0 Å². The maximum absolute atomic E-state index is 12.2. The molecule has 2 aliphatic rings. The van der Waals surface area contributed by atoms with Crippen LogP contribution in [0, 0.1) is 23.3 Å². The molecule has 0 N–H and O–H groups in total. The summed E-state index contributed by atoms with van der Waals surface area (Å²) in [6, 6.07) is 0. The van der Waals surface area contributed by atoms with E-state index in [1.54, 1.807) is 12.4 Å². The van der Waals surface area contributed by atoms with Gasteiger partial charge < -0.3 is 0 Å².